The molecule has 0 unspecified atom stereocenters. The fourth-order valence-electron chi connectivity index (χ4n) is 0.867. The van der Waals surface area contributed by atoms with Gasteiger partial charge in [-0.15, -0.1) is 0 Å². The van der Waals surface area contributed by atoms with Crippen molar-refractivity contribution in [2.24, 2.45) is 0 Å². The molecule has 0 atom stereocenters. The van der Waals surface area contributed by atoms with Gasteiger partial charge in [-0.3, -0.25) is 0 Å². The lowest BCUT2D eigenvalue weighted by Crippen LogP contribution is -2.55. The zero-order valence-corrected chi connectivity index (χ0v) is 8.02. The number of hydrogen-bond acceptors (Lipinski definition) is 2. The summed E-state index contributed by atoms with van der Waals surface area (Å²) in [6.07, 6.45) is -4.44. The van der Waals surface area contributed by atoms with Crippen LogP contribution in [0.15, 0.2) is 18.2 Å². The summed E-state index contributed by atoms with van der Waals surface area (Å²) in [5, 5.41) is 1.68. The minimum atomic E-state index is -4.44. The Labute approximate surface area is 87.8 Å². The summed E-state index contributed by atoms with van der Waals surface area (Å²) in [5.41, 5.74) is -0.133. The van der Waals surface area contributed by atoms with Crippen molar-refractivity contribution in [2.75, 3.05) is 6.61 Å². The standard InChI is InChI=1S/C8H5ClF3NO2/c9-5-1-2-7(6(3-5)13-14)15-4-8(10,11)12/h1-3H,4H2/p+1. The minimum Gasteiger partial charge on any atom is -0.477 e. The van der Waals surface area contributed by atoms with Crippen LogP contribution in [0.5, 0.6) is 5.75 Å². The summed E-state index contributed by atoms with van der Waals surface area (Å²) in [7, 11) is 0. The molecule has 15 heavy (non-hydrogen) atoms. The van der Waals surface area contributed by atoms with E-state index in [-0.39, 0.29) is 16.5 Å². The Kier molecular flexibility index (Phi) is 3.52. The Hall–Kier alpha value is -1.30. The zero-order valence-electron chi connectivity index (χ0n) is 7.27. The molecule has 1 aromatic carbocycles. The van der Waals surface area contributed by atoms with Crippen LogP contribution < -0.4 is 9.91 Å². The molecule has 82 valence electrons. The molecule has 1 rings (SSSR count). The maximum absolute atomic E-state index is 11.8. The molecule has 7 heteroatoms. The zero-order chi connectivity index (χ0) is 11.5. The quantitative estimate of drug-likeness (QED) is 0.875. The molecule has 0 saturated carbocycles. The summed E-state index contributed by atoms with van der Waals surface area (Å²) in [6, 6.07) is 3.70. The molecule has 0 bridgehead atoms. The molecule has 0 amide bonds. The van der Waals surface area contributed by atoms with Gasteiger partial charge in [0.1, 0.15) is 0 Å². The van der Waals surface area contributed by atoms with E-state index in [0.717, 1.165) is 0 Å². The highest BCUT2D eigenvalue weighted by atomic mass is 35.5. The molecule has 0 radical (unpaired) electrons. The van der Waals surface area contributed by atoms with Gasteiger partial charge in [0.25, 0.3) is 5.69 Å². The molecule has 3 nitrogen and oxygen atoms in total. The lowest BCUT2D eigenvalue weighted by Gasteiger charge is -2.08. The van der Waals surface area contributed by atoms with Crippen molar-refractivity contribution in [3.05, 3.63) is 28.1 Å². The van der Waals surface area contributed by atoms with E-state index < -0.39 is 12.8 Å². The fourth-order valence-corrected chi connectivity index (χ4v) is 1.04. The third-order valence-corrected chi connectivity index (χ3v) is 1.68. The van der Waals surface area contributed by atoms with Crippen LogP contribution in [0, 0.1) is 4.91 Å². The summed E-state index contributed by atoms with van der Waals surface area (Å²) in [5.74, 6) is -0.188. The number of ether oxygens (including phenoxy) is 1. The summed E-state index contributed by atoms with van der Waals surface area (Å²) >= 11 is 5.53. The van der Waals surface area contributed by atoms with Crippen molar-refractivity contribution >= 4 is 17.3 Å². The van der Waals surface area contributed by atoms with Gasteiger partial charge >= 0.3 is 6.18 Å². The topological polar surface area (TPSA) is 40.3 Å². The first kappa shape index (κ1) is 11.8. The van der Waals surface area contributed by atoms with Crippen LogP contribution in [0.2, 0.25) is 5.02 Å². The van der Waals surface area contributed by atoms with E-state index in [0.29, 0.717) is 0 Å². The van der Waals surface area contributed by atoms with E-state index in [4.69, 9.17) is 11.6 Å². The van der Waals surface area contributed by atoms with Crippen molar-refractivity contribution < 1.29 is 23.1 Å². The van der Waals surface area contributed by atoms with Crippen LogP contribution in [-0.4, -0.2) is 12.8 Å². The van der Waals surface area contributed by atoms with Crippen LogP contribution in [0.1, 0.15) is 0 Å². The normalized spacial score (nSPS) is 11.2. The third-order valence-electron chi connectivity index (χ3n) is 1.44. The number of nitroso groups, excluding NO2 is 1. The van der Waals surface area contributed by atoms with Gasteiger partial charge in [-0.2, -0.15) is 13.2 Å². The van der Waals surface area contributed by atoms with E-state index in [1.165, 1.54) is 23.4 Å². The highest BCUT2D eigenvalue weighted by Crippen LogP contribution is 2.25. The maximum atomic E-state index is 11.8. The van der Waals surface area contributed by atoms with Crippen LogP contribution in [-0.2, 0) is 0 Å². The van der Waals surface area contributed by atoms with Crippen LogP contribution >= 0.6 is 11.6 Å². The molecule has 1 aromatic rings. The Bertz CT molecular complexity index is 367. The average molecular weight is 241 g/mol. The van der Waals surface area contributed by atoms with E-state index in [1.54, 1.807) is 0 Å². The van der Waals surface area contributed by atoms with Gasteiger partial charge in [-0.1, -0.05) is 11.6 Å². The van der Waals surface area contributed by atoms with E-state index >= 15 is 0 Å². The number of hydrogen-bond donors (Lipinski definition) is 1. The third kappa shape index (κ3) is 3.75. The van der Waals surface area contributed by atoms with Gasteiger partial charge in [0.05, 0.1) is 0 Å². The first-order chi connectivity index (χ1) is 6.92. The molecular weight excluding hydrogens is 235 g/mol. The Morgan fingerprint density at radius 2 is 2.07 bits per heavy atom. The SMILES string of the molecule is O=[NH+]c1cc(Cl)ccc1OCC(F)(F)F. The van der Waals surface area contributed by atoms with E-state index in [9.17, 15) is 18.1 Å². The Balaban J connectivity index is 2.81. The molecule has 0 aromatic heterocycles. The Morgan fingerprint density at radius 3 is 2.60 bits per heavy atom. The molecule has 0 fully saturated rings. The van der Waals surface area contributed by atoms with Crippen molar-refractivity contribution in [3.8, 4) is 5.75 Å². The van der Waals surface area contributed by atoms with Crippen LogP contribution in [0.25, 0.3) is 0 Å². The van der Waals surface area contributed by atoms with Gasteiger partial charge in [0.15, 0.2) is 12.4 Å². The largest absolute Gasteiger partial charge is 0.477 e. The van der Waals surface area contributed by atoms with Crippen molar-refractivity contribution in [1.82, 2.24) is 0 Å². The number of rotatable bonds is 3. The van der Waals surface area contributed by atoms with Crippen LogP contribution in [0.4, 0.5) is 18.9 Å². The van der Waals surface area contributed by atoms with Gasteiger partial charge in [0, 0.05) is 21.2 Å². The molecule has 0 aliphatic carbocycles. The second-order valence-electron chi connectivity index (χ2n) is 2.65. The summed E-state index contributed by atoms with van der Waals surface area (Å²) in [6.45, 7) is -1.46. The van der Waals surface area contributed by atoms with Gasteiger partial charge in [0.2, 0.25) is 0 Å². The number of halogens is 4. The average Bonchev–Trinajstić information content (AvgIpc) is 2.14. The molecule has 0 aliphatic heterocycles. The number of nitrogens with one attached hydrogen (secondary N) is 1. The van der Waals surface area contributed by atoms with Crippen molar-refractivity contribution in [2.45, 2.75) is 6.18 Å². The second kappa shape index (κ2) is 4.48. The number of alkyl halides is 3. The number of benzene rings is 1. The Morgan fingerprint density at radius 1 is 1.40 bits per heavy atom. The fraction of sp³-hybridized carbons (Fsp3) is 0.250. The molecule has 0 heterocycles. The lowest BCUT2D eigenvalue weighted by atomic mass is 10.3. The van der Waals surface area contributed by atoms with Crippen molar-refractivity contribution in [3.63, 3.8) is 0 Å². The monoisotopic (exact) mass is 240 g/mol. The minimum absolute atomic E-state index is 0.133. The van der Waals surface area contributed by atoms with Crippen molar-refractivity contribution in [1.29, 1.82) is 0 Å². The van der Waals surface area contributed by atoms with E-state index in [1.807, 2.05) is 0 Å². The lowest BCUT2D eigenvalue weighted by molar-refractivity contribution is -0.380. The first-order valence-electron chi connectivity index (χ1n) is 3.79. The van der Waals surface area contributed by atoms with Gasteiger partial charge < -0.3 is 4.74 Å². The summed E-state index contributed by atoms with van der Waals surface area (Å²) in [4.78, 5) is 10.4. The maximum Gasteiger partial charge on any atom is 0.422 e. The van der Waals surface area contributed by atoms with Gasteiger partial charge in [-0.25, -0.2) is 0 Å². The summed E-state index contributed by atoms with van der Waals surface area (Å²) < 4.78 is 39.8. The molecule has 0 aliphatic rings. The highest BCUT2D eigenvalue weighted by molar-refractivity contribution is 6.30. The highest BCUT2D eigenvalue weighted by Gasteiger charge is 2.29. The second-order valence-corrected chi connectivity index (χ2v) is 3.08. The smallest absolute Gasteiger partial charge is 0.422 e. The predicted octanol–water partition coefficient (Wildman–Crippen LogP) is 1.76. The molecule has 1 N–H and O–H groups in total. The van der Waals surface area contributed by atoms with Crippen LogP contribution in [0.3, 0.4) is 0 Å². The molecule has 0 saturated heterocycles. The molecule has 0 spiro atoms. The molecular formula is C8H6ClF3NO2+. The predicted molar refractivity (Wildman–Crippen MR) is 47.0 cm³/mol. The first-order valence-corrected chi connectivity index (χ1v) is 4.17. The van der Waals surface area contributed by atoms with E-state index in [2.05, 4.69) is 4.74 Å². The van der Waals surface area contributed by atoms with Gasteiger partial charge in [-0.05, 0) is 12.1 Å².